The van der Waals surface area contributed by atoms with Crippen LogP contribution >= 0.6 is 0 Å². The van der Waals surface area contributed by atoms with Gasteiger partial charge in [-0.05, 0) is 75.4 Å². The average Bonchev–Trinajstić information content (AvgIpc) is 2.82. The van der Waals surface area contributed by atoms with E-state index in [1.54, 1.807) is 17.0 Å². The second-order valence-corrected chi connectivity index (χ2v) is 8.77. The zero-order valence-electron chi connectivity index (χ0n) is 19.4. The second kappa shape index (κ2) is 11.1. The predicted molar refractivity (Wildman–Crippen MR) is 125 cm³/mol. The van der Waals surface area contributed by atoms with Crippen molar-refractivity contribution in [2.24, 2.45) is 5.92 Å². The lowest BCUT2D eigenvalue weighted by atomic mass is 9.88. The van der Waals surface area contributed by atoms with E-state index in [1.807, 2.05) is 32.9 Å². The minimum absolute atomic E-state index is 0.00331. The first kappa shape index (κ1) is 24.4. The van der Waals surface area contributed by atoms with Gasteiger partial charge in [-0.2, -0.15) is 0 Å². The van der Waals surface area contributed by atoms with Crippen LogP contribution in [-0.4, -0.2) is 47.8 Å². The van der Waals surface area contributed by atoms with Crippen LogP contribution in [0, 0.1) is 18.7 Å². The molecule has 0 bridgehead atoms. The number of halogens is 1. The lowest BCUT2D eigenvalue weighted by molar-refractivity contribution is -0.125. The van der Waals surface area contributed by atoms with Gasteiger partial charge in [0.05, 0.1) is 0 Å². The number of rotatable bonds is 7. The summed E-state index contributed by atoms with van der Waals surface area (Å²) in [4.78, 5) is 40.4. The number of piperidine rings is 1. The standard InChI is InChI=1S/C26H32FN3O3/c1-4-18(3)28-25(32)23(29-24(31)20-7-5-17(2)6-8-20)19-13-15-30(16-14-19)26(33)21-9-11-22(27)12-10-21/h5-12,18-19,23H,4,13-16H2,1-3H3,(H,28,32)(H,29,31)/t18-,23-/m1/s1. The Balaban J connectivity index is 1.69. The van der Waals surface area contributed by atoms with Crippen molar-refractivity contribution >= 4 is 17.7 Å². The number of nitrogens with zero attached hydrogens (tertiary/aromatic N) is 1. The van der Waals surface area contributed by atoms with Crippen molar-refractivity contribution in [1.29, 1.82) is 0 Å². The number of carbonyl (C=O) groups is 3. The molecule has 33 heavy (non-hydrogen) atoms. The van der Waals surface area contributed by atoms with Crippen LogP contribution in [-0.2, 0) is 4.79 Å². The fourth-order valence-corrected chi connectivity index (χ4v) is 3.97. The molecule has 2 N–H and O–H groups in total. The first-order chi connectivity index (χ1) is 15.8. The van der Waals surface area contributed by atoms with Crippen LogP contribution in [0.15, 0.2) is 48.5 Å². The summed E-state index contributed by atoms with van der Waals surface area (Å²) in [6, 6.07) is 12.0. The molecule has 2 aromatic rings. The number of amides is 3. The fraction of sp³-hybridized carbons (Fsp3) is 0.423. The van der Waals surface area contributed by atoms with Crippen LogP contribution in [0.5, 0.6) is 0 Å². The van der Waals surface area contributed by atoms with Crippen molar-refractivity contribution in [3.63, 3.8) is 0 Å². The minimum Gasteiger partial charge on any atom is -0.352 e. The normalized spacial score (nSPS) is 16.1. The van der Waals surface area contributed by atoms with E-state index in [-0.39, 0.29) is 35.5 Å². The molecule has 1 aliphatic rings. The number of aryl methyl sites for hydroxylation is 1. The summed E-state index contributed by atoms with van der Waals surface area (Å²) >= 11 is 0. The maximum absolute atomic E-state index is 13.2. The summed E-state index contributed by atoms with van der Waals surface area (Å²) < 4.78 is 13.2. The number of hydrogen-bond donors (Lipinski definition) is 2. The van der Waals surface area contributed by atoms with Gasteiger partial charge in [0.1, 0.15) is 11.9 Å². The molecule has 0 aliphatic carbocycles. The van der Waals surface area contributed by atoms with Gasteiger partial charge in [-0.15, -0.1) is 0 Å². The van der Waals surface area contributed by atoms with E-state index < -0.39 is 6.04 Å². The van der Waals surface area contributed by atoms with Crippen LogP contribution in [0.25, 0.3) is 0 Å². The summed E-state index contributed by atoms with van der Waals surface area (Å²) in [5.41, 5.74) is 2.00. The van der Waals surface area contributed by atoms with Gasteiger partial charge in [0.2, 0.25) is 5.91 Å². The predicted octanol–water partition coefficient (Wildman–Crippen LogP) is 3.70. The first-order valence-corrected chi connectivity index (χ1v) is 11.5. The van der Waals surface area contributed by atoms with Crippen LogP contribution in [0.2, 0.25) is 0 Å². The molecule has 0 saturated carbocycles. The first-order valence-electron chi connectivity index (χ1n) is 11.5. The van der Waals surface area contributed by atoms with Gasteiger partial charge in [-0.25, -0.2) is 4.39 Å². The van der Waals surface area contributed by atoms with E-state index >= 15 is 0 Å². The van der Waals surface area contributed by atoms with E-state index in [1.165, 1.54) is 24.3 Å². The van der Waals surface area contributed by atoms with Gasteiger partial charge in [-0.3, -0.25) is 14.4 Å². The quantitative estimate of drug-likeness (QED) is 0.671. The van der Waals surface area contributed by atoms with E-state index in [0.717, 1.165) is 12.0 Å². The van der Waals surface area contributed by atoms with Crippen molar-refractivity contribution in [3.05, 3.63) is 71.0 Å². The Morgan fingerprint density at radius 3 is 2.12 bits per heavy atom. The molecule has 1 fully saturated rings. The van der Waals surface area contributed by atoms with E-state index in [9.17, 15) is 18.8 Å². The number of hydrogen-bond acceptors (Lipinski definition) is 3. The summed E-state index contributed by atoms with van der Waals surface area (Å²) in [6.07, 6.45) is 1.95. The summed E-state index contributed by atoms with van der Waals surface area (Å²) in [6.45, 7) is 6.80. The lowest BCUT2D eigenvalue weighted by Crippen LogP contribution is -2.55. The van der Waals surface area contributed by atoms with Gasteiger partial charge in [0.15, 0.2) is 0 Å². The largest absolute Gasteiger partial charge is 0.352 e. The van der Waals surface area contributed by atoms with Gasteiger partial charge in [0, 0.05) is 30.3 Å². The van der Waals surface area contributed by atoms with E-state index in [0.29, 0.717) is 37.1 Å². The number of carbonyl (C=O) groups excluding carboxylic acids is 3. The molecular formula is C26H32FN3O3. The van der Waals surface area contributed by atoms with Crippen LogP contribution in [0.1, 0.15) is 59.4 Å². The van der Waals surface area contributed by atoms with Crippen molar-refractivity contribution in [3.8, 4) is 0 Å². The summed E-state index contributed by atoms with van der Waals surface area (Å²) in [5, 5.41) is 5.93. The van der Waals surface area contributed by atoms with Crippen LogP contribution in [0.4, 0.5) is 4.39 Å². The topological polar surface area (TPSA) is 78.5 Å². The van der Waals surface area contributed by atoms with Crippen LogP contribution < -0.4 is 10.6 Å². The third-order valence-electron chi connectivity index (χ3n) is 6.27. The Bertz CT molecular complexity index is 967. The molecule has 1 aliphatic heterocycles. The molecule has 2 atom stereocenters. The summed E-state index contributed by atoms with van der Waals surface area (Å²) in [7, 11) is 0. The van der Waals surface area contributed by atoms with Crippen molar-refractivity contribution in [2.45, 2.75) is 52.1 Å². The Kier molecular flexibility index (Phi) is 8.20. The SMILES string of the molecule is CC[C@@H](C)NC(=O)[C@H](NC(=O)c1ccc(C)cc1)C1CCN(C(=O)c2ccc(F)cc2)CC1. The second-order valence-electron chi connectivity index (χ2n) is 8.77. The monoisotopic (exact) mass is 453 g/mol. The van der Waals surface area contributed by atoms with Gasteiger partial charge < -0.3 is 15.5 Å². The fourth-order valence-electron chi connectivity index (χ4n) is 3.97. The minimum atomic E-state index is -0.684. The van der Waals surface area contributed by atoms with Gasteiger partial charge >= 0.3 is 0 Å². The molecule has 6 nitrogen and oxygen atoms in total. The molecule has 3 rings (SSSR count). The molecule has 1 saturated heterocycles. The molecule has 2 aromatic carbocycles. The zero-order valence-corrected chi connectivity index (χ0v) is 19.4. The smallest absolute Gasteiger partial charge is 0.253 e. The Morgan fingerprint density at radius 2 is 1.55 bits per heavy atom. The highest BCUT2D eigenvalue weighted by molar-refractivity contribution is 5.98. The maximum Gasteiger partial charge on any atom is 0.253 e. The zero-order chi connectivity index (χ0) is 24.0. The molecule has 0 unspecified atom stereocenters. The Labute approximate surface area is 194 Å². The van der Waals surface area contributed by atoms with Gasteiger partial charge in [-0.1, -0.05) is 24.6 Å². The third-order valence-corrected chi connectivity index (χ3v) is 6.27. The molecule has 3 amide bonds. The number of benzene rings is 2. The van der Waals surface area contributed by atoms with Gasteiger partial charge in [0.25, 0.3) is 11.8 Å². The van der Waals surface area contributed by atoms with E-state index in [4.69, 9.17) is 0 Å². The highest BCUT2D eigenvalue weighted by Gasteiger charge is 2.34. The Hall–Kier alpha value is -3.22. The number of nitrogens with one attached hydrogen (secondary N) is 2. The lowest BCUT2D eigenvalue weighted by Gasteiger charge is -2.36. The molecule has 1 heterocycles. The molecule has 0 radical (unpaired) electrons. The van der Waals surface area contributed by atoms with Crippen molar-refractivity contribution in [1.82, 2.24) is 15.5 Å². The van der Waals surface area contributed by atoms with Crippen LogP contribution in [0.3, 0.4) is 0 Å². The number of likely N-dealkylation sites (tertiary alicyclic amines) is 1. The Morgan fingerprint density at radius 1 is 0.970 bits per heavy atom. The molecule has 176 valence electrons. The summed E-state index contributed by atoms with van der Waals surface area (Å²) in [5.74, 6) is -1.12. The maximum atomic E-state index is 13.2. The molecule has 0 aromatic heterocycles. The molecule has 7 heteroatoms. The average molecular weight is 454 g/mol. The van der Waals surface area contributed by atoms with E-state index in [2.05, 4.69) is 10.6 Å². The molecular weight excluding hydrogens is 421 g/mol. The molecule has 0 spiro atoms. The highest BCUT2D eigenvalue weighted by atomic mass is 19.1. The van der Waals surface area contributed by atoms with Crippen molar-refractivity contribution < 1.29 is 18.8 Å². The highest BCUT2D eigenvalue weighted by Crippen LogP contribution is 2.23. The third kappa shape index (κ3) is 6.40. The van der Waals surface area contributed by atoms with Crippen molar-refractivity contribution in [2.75, 3.05) is 13.1 Å².